The van der Waals surface area contributed by atoms with Gasteiger partial charge in [-0.05, 0) is 117 Å². The summed E-state index contributed by atoms with van der Waals surface area (Å²) >= 11 is 11.9. The first kappa shape index (κ1) is 31.0. The Hall–Kier alpha value is -1.46. The average Bonchev–Trinajstić information content (AvgIpc) is 2.93. The fourth-order valence-corrected chi connectivity index (χ4v) is 9.90. The fourth-order valence-electron chi connectivity index (χ4n) is 9.49. The first-order valence-corrected chi connectivity index (χ1v) is 17.1. The van der Waals surface area contributed by atoms with Gasteiger partial charge in [0, 0.05) is 48.9 Å². The van der Waals surface area contributed by atoms with Gasteiger partial charge in [0.15, 0.2) is 0 Å². The number of anilines is 1. The Kier molecular flexibility index (Phi) is 9.55. The van der Waals surface area contributed by atoms with Gasteiger partial charge in [0.1, 0.15) is 6.10 Å². The summed E-state index contributed by atoms with van der Waals surface area (Å²) < 4.78 is 6.12. The van der Waals surface area contributed by atoms with E-state index in [4.69, 9.17) is 27.9 Å². The van der Waals surface area contributed by atoms with Crippen LogP contribution in [0.2, 0.25) is 0 Å². The molecule has 3 saturated carbocycles. The third-order valence-corrected chi connectivity index (χ3v) is 12.3. The van der Waals surface area contributed by atoms with Crippen LogP contribution in [0.4, 0.5) is 5.69 Å². The number of nitrogens with one attached hydrogen (secondary N) is 1. The zero-order chi connectivity index (χ0) is 29.3. The minimum absolute atomic E-state index is 0.0236. The molecule has 0 spiro atoms. The molecule has 1 heterocycles. The fraction of sp³-hybridized carbons (Fsp3) is 0.765. The normalized spacial score (nSPS) is 36.4. The molecule has 1 aliphatic heterocycles. The Morgan fingerprint density at radius 3 is 2.41 bits per heavy atom. The summed E-state index contributed by atoms with van der Waals surface area (Å²) in [6, 6.07) is 8.53. The van der Waals surface area contributed by atoms with Crippen molar-refractivity contribution in [3.8, 4) is 0 Å². The number of aryl methyl sites for hydroxylation is 1. The molecule has 7 atom stereocenters. The Morgan fingerprint density at radius 2 is 1.71 bits per heavy atom. The summed E-state index contributed by atoms with van der Waals surface area (Å²) in [4.78, 5) is 27.3. The lowest BCUT2D eigenvalue weighted by Gasteiger charge is -2.66. The molecule has 1 saturated heterocycles. The van der Waals surface area contributed by atoms with Crippen molar-refractivity contribution < 1.29 is 14.3 Å². The molecule has 7 heteroatoms. The van der Waals surface area contributed by atoms with Crippen molar-refractivity contribution in [2.75, 3.05) is 29.7 Å². The third kappa shape index (κ3) is 6.28. The van der Waals surface area contributed by atoms with Gasteiger partial charge < -0.3 is 15.0 Å². The van der Waals surface area contributed by atoms with Crippen LogP contribution in [0, 0.1) is 28.6 Å². The average molecular weight is 606 g/mol. The molecule has 5 rings (SSSR count). The molecular weight excluding hydrogens is 555 g/mol. The highest BCUT2D eigenvalue weighted by molar-refractivity contribution is 6.18. The van der Waals surface area contributed by atoms with Crippen molar-refractivity contribution in [2.45, 2.75) is 109 Å². The molecule has 1 aromatic carbocycles. The minimum Gasteiger partial charge on any atom is -0.462 e. The summed E-state index contributed by atoms with van der Waals surface area (Å²) in [5.74, 6) is 3.33. The van der Waals surface area contributed by atoms with Crippen molar-refractivity contribution in [1.29, 1.82) is 0 Å². The van der Waals surface area contributed by atoms with Gasteiger partial charge in [-0.25, -0.2) is 0 Å². The summed E-state index contributed by atoms with van der Waals surface area (Å²) in [5.41, 5.74) is 2.82. The third-order valence-electron chi connectivity index (χ3n) is 12.0. The van der Waals surface area contributed by atoms with Crippen LogP contribution in [0.3, 0.4) is 0 Å². The first-order valence-electron chi connectivity index (χ1n) is 16.1. The molecule has 4 fully saturated rings. The van der Waals surface area contributed by atoms with Crippen molar-refractivity contribution in [3.05, 3.63) is 29.8 Å². The molecule has 41 heavy (non-hydrogen) atoms. The number of esters is 1. The molecule has 228 valence electrons. The predicted octanol–water partition coefficient (Wildman–Crippen LogP) is 7.51. The number of fused-ring (bicyclic) bond motifs is 5. The van der Waals surface area contributed by atoms with Gasteiger partial charge >= 0.3 is 5.97 Å². The second-order valence-electron chi connectivity index (χ2n) is 14.2. The van der Waals surface area contributed by atoms with Gasteiger partial charge in [0.25, 0.3) is 0 Å². The Bertz CT molecular complexity index is 1080. The van der Waals surface area contributed by atoms with E-state index in [9.17, 15) is 9.59 Å². The van der Waals surface area contributed by atoms with E-state index < -0.39 is 0 Å². The molecule has 1 amide bonds. The number of piperidine rings is 1. The number of rotatable bonds is 10. The van der Waals surface area contributed by atoms with E-state index >= 15 is 0 Å². The molecule has 3 unspecified atom stereocenters. The van der Waals surface area contributed by atoms with Gasteiger partial charge in [-0.15, -0.1) is 23.2 Å². The Labute approximate surface area is 257 Å². The van der Waals surface area contributed by atoms with Crippen LogP contribution in [-0.2, 0) is 20.7 Å². The van der Waals surface area contributed by atoms with Crippen molar-refractivity contribution in [3.63, 3.8) is 0 Å². The first-order chi connectivity index (χ1) is 19.6. The number of benzene rings is 1. The van der Waals surface area contributed by atoms with Crippen LogP contribution in [0.25, 0.3) is 0 Å². The highest BCUT2D eigenvalue weighted by Crippen LogP contribution is 2.67. The van der Waals surface area contributed by atoms with Gasteiger partial charge in [0.2, 0.25) is 5.91 Å². The topological polar surface area (TPSA) is 58.6 Å². The highest BCUT2D eigenvalue weighted by atomic mass is 35.5. The number of carbonyl (C=O) groups excluding carboxylic acids is 2. The van der Waals surface area contributed by atoms with Gasteiger partial charge in [-0.2, -0.15) is 0 Å². The van der Waals surface area contributed by atoms with Crippen LogP contribution in [0.5, 0.6) is 0 Å². The number of halogens is 2. The molecule has 0 bridgehead atoms. The van der Waals surface area contributed by atoms with Crippen LogP contribution in [0.1, 0.15) is 97.0 Å². The van der Waals surface area contributed by atoms with Crippen molar-refractivity contribution in [1.82, 2.24) is 5.32 Å². The number of hydrogen-bond acceptors (Lipinski definition) is 4. The zero-order valence-corrected chi connectivity index (χ0v) is 26.9. The number of hydrogen-bond donors (Lipinski definition) is 1. The number of nitrogens with zero attached hydrogens (tertiary/aromatic N) is 1. The van der Waals surface area contributed by atoms with E-state index in [-0.39, 0.29) is 34.3 Å². The molecule has 1 N–H and O–H groups in total. The number of amides is 1. The lowest BCUT2D eigenvalue weighted by molar-refractivity contribution is -0.183. The number of carbonyl (C=O) groups is 2. The summed E-state index contributed by atoms with van der Waals surface area (Å²) in [7, 11) is 0. The van der Waals surface area contributed by atoms with Gasteiger partial charge in [0.05, 0.1) is 0 Å². The lowest BCUT2D eigenvalue weighted by atomic mass is 9.40. The second-order valence-corrected chi connectivity index (χ2v) is 14.9. The maximum atomic E-state index is 12.9. The van der Waals surface area contributed by atoms with E-state index in [1.54, 1.807) is 0 Å². The minimum atomic E-state index is -0.0470. The molecule has 4 aliphatic rings. The van der Waals surface area contributed by atoms with E-state index in [0.29, 0.717) is 42.4 Å². The van der Waals surface area contributed by atoms with Crippen LogP contribution in [-0.4, -0.2) is 48.4 Å². The largest absolute Gasteiger partial charge is 0.462 e. The monoisotopic (exact) mass is 604 g/mol. The summed E-state index contributed by atoms with van der Waals surface area (Å²) in [5, 5.41) is 3.39. The smallest absolute Gasteiger partial charge is 0.306 e. The van der Waals surface area contributed by atoms with Crippen LogP contribution < -0.4 is 10.2 Å². The SMILES string of the molecule is C[C@]12CCC3C4CCC(=O)N[C@@]4(C)CCC3[C@@]1(C)CC[C@H](OC(=O)CCCc1ccc(N(CCCl)CCCl)cc1)C2. The number of alkyl halides is 2. The van der Waals surface area contributed by atoms with Crippen molar-refractivity contribution in [2.24, 2.45) is 28.6 Å². The summed E-state index contributed by atoms with van der Waals surface area (Å²) in [6.45, 7) is 8.87. The molecule has 3 aliphatic carbocycles. The highest BCUT2D eigenvalue weighted by Gasteiger charge is 2.62. The van der Waals surface area contributed by atoms with E-state index in [2.05, 4.69) is 55.3 Å². The molecule has 5 nitrogen and oxygen atoms in total. The number of ether oxygens (including phenoxy) is 1. The van der Waals surface area contributed by atoms with E-state index in [0.717, 1.165) is 63.7 Å². The zero-order valence-electron chi connectivity index (χ0n) is 25.4. The second kappa shape index (κ2) is 12.6. The standard InChI is InChI=1S/C34H50Cl2N2O3/c1-32-16-14-27-28(15-18-34(3)29(27)11-12-30(39)37-34)33(32,2)17-13-26(23-32)41-31(40)6-4-5-24-7-9-25(10-8-24)38(21-19-35)22-20-36/h7-10,26-29H,4-6,11-23H2,1-3H3,(H,37,39)/t26-,27?,28?,29?,32+,33+,34-/m0/s1. The maximum Gasteiger partial charge on any atom is 0.306 e. The summed E-state index contributed by atoms with van der Waals surface area (Å²) in [6.07, 6.45) is 11.7. The Balaban J connectivity index is 1.11. The predicted molar refractivity (Wildman–Crippen MR) is 168 cm³/mol. The molecule has 0 radical (unpaired) electrons. The molecule has 1 aromatic rings. The Morgan fingerprint density at radius 1 is 0.976 bits per heavy atom. The van der Waals surface area contributed by atoms with E-state index in [1.165, 1.54) is 24.8 Å². The quantitative estimate of drug-likeness (QED) is 0.222. The van der Waals surface area contributed by atoms with Crippen molar-refractivity contribution >= 4 is 40.8 Å². The lowest BCUT2D eigenvalue weighted by Crippen LogP contribution is -2.65. The van der Waals surface area contributed by atoms with Crippen LogP contribution in [0.15, 0.2) is 24.3 Å². The molecule has 0 aromatic heterocycles. The maximum absolute atomic E-state index is 12.9. The van der Waals surface area contributed by atoms with Gasteiger partial charge in [-0.1, -0.05) is 26.0 Å². The van der Waals surface area contributed by atoms with Gasteiger partial charge in [-0.3, -0.25) is 9.59 Å². The molecular formula is C34H50Cl2N2O3. The van der Waals surface area contributed by atoms with E-state index in [1.807, 2.05) is 0 Å². The van der Waals surface area contributed by atoms with Crippen LogP contribution >= 0.6 is 23.2 Å².